The Labute approximate surface area is 171 Å². The van der Waals surface area contributed by atoms with Gasteiger partial charge in [-0.3, -0.25) is 4.79 Å². The Morgan fingerprint density at radius 1 is 1.29 bits per heavy atom. The fraction of sp³-hybridized carbons (Fsp3) is 0.579. The third-order valence-corrected chi connectivity index (χ3v) is 7.46. The number of hydrogen-bond acceptors (Lipinski definition) is 6. The average Bonchev–Trinajstić information content (AvgIpc) is 2.66. The molecule has 156 valence electrons. The highest BCUT2D eigenvalue weighted by molar-refractivity contribution is 7.99. The average molecular weight is 429 g/mol. The molecule has 0 saturated carbocycles. The molecule has 1 saturated heterocycles. The lowest BCUT2D eigenvalue weighted by Crippen LogP contribution is -2.57. The zero-order valence-electron chi connectivity index (χ0n) is 16.7. The first-order chi connectivity index (χ1) is 13.2. The molecule has 0 aromatic heterocycles. The monoisotopic (exact) mass is 428 g/mol. The Kier molecular flexibility index (Phi) is 7.91. The Balaban J connectivity index is 2.25. The lowest BCUT2D eigenvalue weighted by Gasteiger charge is -2.34. The van der Waals surface area contributed by atoms with Crippen LogP contribution >= 0.6 is 11.8 Å². The number of nitrogens with zero attached hydrogens (tertiary/aromatic N) is 1. The van der Waals surface area contributed by atoms with E-state index in [1.54, 1.807) is 45.0 Å². The van der Waals surface area contributed by atoms with E-state index < -0.39 is 34.0 Å². The molecule has 1 aromatic carbocycles. The molecule has 0 bridgehead atoms. The second-order valence-electron chi connectivity index (χ2n) is 7.00. The number of carbonyl (C=O) groups excluding carboxylic acids is 2. The van der Waals surface area contributed by atoms with Crippen molar-refractivity contribution in [2.45, 2.75) is 44.7 Å². The van der Waals surface area contributed by atoms with Crippen LogP contribution in [0.3, 0.4) is 0 Å². The molecule has 1 amide bonds. The molecular formula is C19H28N2O5S2. The molecule has 9 heteroatoms. The van der Waals surface area contributed by atoms with Crippen molar-refractivity contribution in [1.29, 1.82) is 0 Å². The van der Waals surface area contributed by atoms with Crippen molar-refractivity contribution in [2.24, 2.45) is 5.92 Å². The number of ether oxygens (including phenoxy) is 1. The van der Waals surface area contributed by atoms with Crippen LogP contribution in [-0.2, 0) is 24.3 Å². The van der Waals surface area contributed by atoms with Gasteiger partial charge in [0.1, 0.15) is 12.1 Å². The summed E-state index contributed by atoms with van der Waals surface area (Å²) in [6.45, 7) is 7.64. The SMILES string of the molecule is CCOC(=O)[C@@H](NC(=O)[C@@H]1CSCCN1S(=O)(=O)c1ccc(C)cc1)C(C)C. The van der Waals surface area contributed by atoms with E-state index in [1.165, 1.54) is 16.1 Å². The van der Waals surface area contributed by atoms with Crippen LogP contribution < -0.4 is 5.32 Å². The summed E-state index contributed by atoms with van der Waals surface area (Å²) in [5.41, 5.74) is 0.955. The van der Waals surface area contributed by atoms with Crippen molar-refractivity contribution in [2.75, 3.05) is 24.7 Å². The number of hydrogen-bond donors (Lipinski definition) is 1. The van der Waals surface area contributed by atoms with E-state index in [4.69, 9.17) is 4.74 Å². The normalized spacial score (nSPS) is 19.2. The number of aryl methyl sites for hydroxylation is 1. The summed E-state index contributed by atoms with van der Waals surface area (Å²) < 4.78 is 32.5. The van der Waals surface area contributed by atoms with Gasteiger partial charge in [0.15, 0.2) is 0 Å². The van der Waals surface area contributed by atoms with Crippen molar-refractivity contribution < 1.29 is 22.7 Å². The highest BCUT2D eigenvalue weighted by Crippen LogP contribution is 2.25. The van der Waals surface area contributed by atoms with Gasteiger partial charge in [-0.2, -0.15) is 16.1 Å². The predicted octanol–water partition coefficient (Wildman–Crippen LogP) is 1.81. The molecule has 2 atom stereocenters. The van der Waals surface area contributed by atoms with Gasteiger partial charge >= 0.3 is 5.97 Å². The molecule has 0 aliphatic carbocycles. The zero-order valence-corrected chi connectivity index (χ0v) is 18.3. The fourth-order valence-corrected chi connectivity index (χ4v) is 5.75. The molecule has 1 N–H and O–H groups in total. The molecule has 1 aromatic rings. The summed E-state index contributed by atoms with van der Waals surface area (Å²) in [5, 5.41) is 2.70. The molecule has 1 aliphatic heterocycles. The summed E-state index contributed by atoms with van der Waals surface area (Å²) in [5.74, 6) is -0.219. The van der Waals surface area contributed by atoms with E-state index in [2.05, 4.69) is 5.32 Å². The molecule has 2 rings (SSSR count). The molecule has 1 fully saturated rings. The van der Waals surface area contributed by atoms with Gasteiger partial charge in [0.05, 0.1) is 11.5 Å². The maximum absolute atomic E-state index is 13.1. The maximum atomic E-state index is 13.1. The summed E-state index contributed by atoms with van der Waals surface area (Å²) in [4.78, 5) is 25.2. The Bertz CT molecular complexity index is 793. The number of nitrogens with one attached hydrogen (secondary N) is 1. The van der Waals surface area contributed by atoms with Gasteiger partial charge in [0.2, 0.25) is 15.9 Å². The minimum absolute atomic E-state index is 0.161. The van der Waals surface area contributed by atoms with E-state index in [1.807, 2.05) is 6.92 Å². The quantitative estimate of drug-likeness (QED) is 0.666. The largest absolute Gasteiger partial charge is 0.464 e. The van der Waals surface area contributed by atoms with Crippen LogP contribution in [0.1, 0.15) is 26.3 Å². The number of carbonyl (C=O) groups is 2. The predicted molar refractivity (Wildman–Crippen MR) is 110 cm³/mol. The molecular weight excluding hydrogens is 400 g/mol. The van der Waals surface area contributed by atoms with Crippen molar-refractivity contribution in [3.8, 4) is 0 Å². The smallest absolute Gasteiger partial charge is 0.328 e. The van der Waals surface area contributed by atoms with Crippen molar-refractivity contribution in [1.82, 2.24) is 9.62 Å². The maximum Gasteiger partial charge on any atom is 0.328 e. The summed E-state index contributed by atoms with van der Waals surface area (Å²) in [7, 11) is -3.82. The Morgan fingerprint density at radius 3 is 2.50 bits per heavy atom. The lowest BCUT2D eigenvalue weighted by molar-refractivity contribution is -0.149. The van der Waals surface area contributed by atoms with E-state index in [9.17, 15) is 18.0 Å². The number of rotatable bonds is 7. The molecule has 1 aliphatic rings. The van der Waals surface area contributed by atoms with Gasteiger partial charge in [-0.25, -0.2) is 13.2 Å². The molecule has 7 nitrogen and oxygen atoms in total. The van der Waals surface area contributed by atoms with Crippen molar-refractivity contribution in [3.05, 3.63) is 29.8 Å². The second kappa shape index (κ2) is 9.76. The minimum Gasteiger partial charge on any atom is -0.464 e. The standard InChI is InChI=1S/C19H28N2O5S2/c1-5-26-19(23)17(13(2)3)20-18(22)16-12-27-11-10-21(16)28(24,25)15-8-6-14(4)7-9-15/h6-9,13,16-17H,5,10-12H2,1-4H3,(H,20,22)/t16-,17-/m0/s1. The second-order valence-corrected chi connectivity index (χ2v) is 10.0. The van der Waals surface area contributed by atoms with Gasteiger partial charge in [-0.1, -0.05) is 31.5 Å². The van der Waals surface area contributed by atoms with Gasteiger partial charge in [0, 0.05) is 18.1 Å². The lowest BCUT2D eigenvalue weighted by atomic mass is 10.0. The first-order valence-corrected chi connectivity index (χ1v) is 11.9. The highest BCUT2D eigenvalue weighted by atomic mass is 32.2. The third kappa shape index (κ3) is 5.27. The highest BCUT2D eigenvalue weighted by Gasteiger charge is 2.39. The Morgan fingerprint density at radius 2 is 1.93 bits per heavy atom. The first kappa shape index (κ1) is 22.7. The summed E-state index contributed by atoms with van der Waals surface area (Å²) in [6.07, 6.45) is 0. The van der Waals surface area contributed by atoms with Crippen LogP contribution in [0.25, 0.3) is 0 Å². The molecule has 28 heavy (non-hydrogen) atoms. The van der Waals surface area contributed by atoms with Crippen LogP contribution in [0.4, 0.5) is 0 Å². The van der Waals surface area contributed by atoms with Gasteiger partial charge in [-0.15, -0.1) is 0 Å². The summed E-state index contributed by atoms with van der Waals surface area (Å²) >= 11 is 1.52. The number of thioether (sulfide) groups is 1. The van der Waals surface area contributed by atoms with Crippen LogP contribution in [0.2, 0.25) is 0 Å². The Hall–Kier alpha value is -1.58. The number of benzene rings is 1. The first-order valence-electron chi connectivity index (χ1n) is 9.31. The van der Waals surface area contributed by atoms with Crippen molar-refractivity contribution >= 4 is 33.7 Å². The minimum atomic E-state index is -3.82. The van der Waals surface area contributed by atoms with Crippen LogP contribution in [0.5, 0.6) is 0 Å². The number of sulfonamides is 1. The topological polar surface area (TPSA) is 92.8 Å². The molecule has 0 radical (unpaired) electrons. The van der Waals surface area contributed by atoms with Gasteiger partial charge in [-0.05, 0) is 31.9 Å². The number of esters is 1. The van der Waals surface area contributed by atoms with Crippen LogP contribution in [0, 0.1) is 12.8 Å². The van der Waals surface area contributed by atoms with Crippen LogP contribution in [-0.4, -0.2) is 61.3 Å². The van der Waals surface area contributed by atoms with E-state index in [0.29, 0.717) is 11.5 Å². The third-order valence-electron chi connectivity index (χ3n) is 4.51. The molecule has 0 spiro atoms. The van der Waals surface area contributed by atoms with E-state index in [0.717, 1.165) is 5.56 Å². The van der Waals surface area contributed by atoms with E-state index >= 15 is 0 Å². The van der Waals surface area contributed by atoms with Gasteiger partial charge in [0.25, 0.3) is 0 Å². The zero-order chi connectivity index (χ0) is 20.9. The number of amides is 1. The molecule has 1 heterocycles. The molecule has 0 unspecified atom stereocenters. The van der Waals surface area contributed by atoms with Crippen molar-refractivity contribution in [3.63, 3.8) is 0 Å². The van der Waals surface area contributed by atoms with Crippen LogP contribution in [0.15, 0.2) is 29.2 Å². The van der Waals surface area contributed by atoms with Gasteiger partial charge < -0.3 is 10.1 Å². The fourth-order valence-electron chi connectivity index (χ4n) is 2.91. The summed E-state index contributed by atoms with van der Waals surface area (Å²) in [6, 6.07) is 4.88. The van der Waals surface area contributed by atoms with E-state index in [-0.39, 0.29) is 24.0 Å².